The molecule has 26 heavy (non-hydrogen) atoms. The highest BCUT2D eigenvalue weighted by molar-refractivity contribution is 9.10. The second kappa shape index (κ2) is 6.69. The molecule has 2 fully saturated rings. The Balaban J connectivity index is 1.74. The summed E-state index contributed by atoms with van der Waals surface area (Å²) >= 11 is 3.53. The maximum absolute atomic E-state index is 12.8. The second-order valence-corrected chi connectivity index (χ2v) is 10.9. The number of benzene rings is 1. The molecule has 1 aromatic rings. The standard InChI is InChI=1S/C19H24BrNO4S/c1-18(2,3)26(22)21-17-13-6-7-19(23-8-9-24-19)11-16(13)25-15-5-4-12(20)10-14(15)17/h4-5,10,13,16H,6-9,11H2,1-3H3/t13-,16-,26?/m1/s1. The summed E-state index contributed by atoms with van der Waals surface area (Å²) < 4.78 is 36.1. The highest BCUT2D eigenvalue weighted by Gasteiger charge is 2.50. The molecule has 2 aliphatic heterocycles. The Morgan fingerprint density at radius 3 is 2.69 bits per heavy atom. The van der Waals surface area contributed by atoms with Crippen LogP contribution in [0, 0.1) is 5.92 Å². The van der Waals surface area contributed by atoms with E-state index in [0.717, 1.165) is 34.3 Å². The number of hydrogen-bond donors (Lipinski definition) is 0. The molecule has 0 aromatic heterocycles. The van der Waals surface area contributed by atoms with Crippen LogP contribution in [0.4, 0.5) is 0 Å². The lowest BCUT2D eigenvalue weighted by Gasteiger charge is -2.44. The van der Waals surface area contributed by atoms with Gasteiger partial charge in [-0.05, 0) is 45.4 Å². The number of rotatable bonds is 1. The Kier molecular flexibility index (Phi) is 4.78. The minimum absolute atomic E-state index is 0.0776. The summed E-state index contributed by atoms with van der Waals surface area (Å²) in [6.45, 7) is 7.11. The third kappa shape index (κ3) is 3.39. The number of fused-ring (bicyclic) bond motifs is 2. The van der Waals surface area contributed by atoms with E-state index in [2.05, 4.69) is 15.9 Å². The van der Waals surface area contributed by atoms with Crippen molar-refractivity contribution in [3.8, 4) is 5.75 Å². The normalized spacial score (nSPS) is 29.9. The second-order valence-electron chi connectivity index (χ2n) is 8.09. The van der Waals surface area contributed by atoms with E-state index in [-0.39, 0.29) is 12.0 Å². The van der Waals surface area contributed by atoms with E-state index < -0.39 is 21.5 Å². The van der Waals surface area contributed by atoms with E-state index in [1.807, 2.05) is 39.0 Å². The zero-order valence-corrected chi connectivity index (χ0v) is 17.7. The molecule has 7 heteroatoms. The number of hydrogen-bond acceptors (Lipinski definition) is 4. The van der Waals surface area contributed by atoms with E-state index in [1.54, 1.807) is 0 Å². The van der Waals surface area contributed by atoms with Crippen molar-refractivity contribution in [3.05, 3.63) is 28.2 Å². The highest BCUT2D eigenvalue weighted by atomic mass is 79.9. The van der Waals surface area contributed by atoms with Crippen molar-refractivity contribution in [1.29, 1.82) is 0 Å². The third-order valence-electron chi connectivity index (χ3n) is 5.16. The Morgan fingerprint density at radius 1 is 1.27 bits per heavy atom. The average molecular weight is 442 g/mol. The van der Waals surface area contributed by atoms with Crippen LogP contribution in [0.15, 0.2) is 27.1 Å². The van der Waals surface area contributed by atoms with Crippen molar-refractivity contribution >= 4 is 32.6 Å². The fraction of sp³-hybridized carbons (Fsp3) is 0.632. The molecular weight excluding hydrogens is 418 g/mol. The van der Waals surface area contributed by atoms with Gasteiger partial charge in [-0.15, -0.1) is 0 Å². The largest absolute Gasteiger partial charge is 0.489 e. The van der Waals surface area contributed by atoms with Crippen LogP contribution in [-0.2, 0) is 20.5 Å². The van der Waals surface area contributed by atoms with Crippen LogP contribution in [-0.4, -0.2) is 39.8 Å². The minimum atomic E-state index is -1.32. The van der Waals surface area contributed by atoms with Crippen molar-refractivity contribution < 1.29 is 18.4 Å². The van der Waals surface area contributed by atoms with Crippen molar-refractivity contribution in [2.24, 2.45) is 10.3 Å². The lowest BCUT2D eigenvalue weighted by molar-refractivity contribution is -0.197. The van der Waals surface area contributed by atoms with E-state index in [9.17, 15) is 4.21 Å². The summed E-state index contributed by atoms with van der Waals surface area (Å²) in [7, 11) is -1.32. The molecule has 1 aliphatic carbocycles. The Hall–Kier alpha value is -0.760. The van der Waals surface area contributed by atoms with E-state index in [1.165, 1.54) is 0 Å². The van der Waals surface area contributed by atoms with Crippen molar-refractivity contribution in [1.82, 2.24) is 0 Å². The summed E-state index contributed by atoms with van der Waals surface area (Å²) in [4.78, 5) is 0. The lowest BCUT2D eigenvalue weighted by atomic mass is 9.76. The van der Waals surface area contributed by atoms with Crippen molar-refractivity contribution in [2.45, 2.75) is 56.7 Å². The fourth-order valence-corrected chi connectivity index (χ4v) is 4.87. The Bertz CT molecular complexity index is 767. The summed E-state index contributed by atoms with van der Waals surface area (Å²) in [5.74, 6) is 0.359. The molecule has 3 aliphatic rings. The monoisotopic (exact) mass is 441 g/mol. The predicted octanol–water partition coefficient (Wildman–Crippen LogP) is 4.00. The molecule has 1 saturated carbocycles. The minimum Gasteiger partial charge on any atom is -0.489 e. The van der Waals surface area contributed by atoms with Gasteiger partial charge in [-0.1, -0.05) is 15.9 Å². The van der Waals surface area contributed by atoms with Gasteiger partial charge in [0.25, 0.3) is 0 Å². The smallest absolute Gasteiger partial charge is 0.172 e. The van der Waals surface area contributed by atoms with Gasteiger partial charge in [-0.3, -0.25) is 0 Å². The summed E-state index contributed by atoms with van der Waals surface area (Å²) in [5, 5.41) is 0. The quantitative estimate of drug-likeness (QED) is 0.660. The van der Waals surface area contributed by atoms with Gasteiger partial charge < -0.3 is 14.2 Å². The van der Waals surface area contributed by atoms with Gasteiger partial charge in [0.2, 0.25) is 0 Å². The molecule has 3 atom stereocenters. The lowest BCUT2D eigenvalue weighted by Crippen LogP contribution is -2.50. The van der Waals surface area contributed by atoms with Crippen LogP contribution in [0.3, 0.4) is 0 Å². The van der Waals surface area contributed by atoms with Gasteiger partial charge in [0, 0.05) is 28.8 Å². The van der Waals surface area contributed by atoms with Crippen LogP contribution in [0.5, 0.6) is 5.75 Å². The molecule has 1 unspecified atom stereocenters. The number of nitrogens with zero attached hydrogens (tertiary/aromatic N) is 1. The maximum atomic E-state index is 12.8. The first-order valence-electron chi connectivity index (χ1n) is 9.03. The summed E-state index contributed by atoms with van der Waals surface area (Å²) in [5.41, 5.74) is 1.82. The molecule has 4 rings (SSSR count). The van der Waals surface area contributed by atoms with Crippen molar-refractivity contribution in [3.63, 3.8) is 0 Å². The van der Waals surface area contributed by atoms with E-state index >= 15 is 0 Å². The molecule has 5 nitrogen and oxygen atoms in total. The molecule has 0 N–H and O–H groups in total. The zero-order valence-electron chi connectivity index (χ0n) is 15.3. The average Bonchev–Trinajstić information content (AvgIpc) is 3.02. The molecule has 0 amide bonds. The molecule has 0 radical (unpaired) electrons. The van der Waals surface area contributed by atoms with Crippen LogP contribution in [0.1, 0.15) is 45.6 Å². The highest BCUT2D eigenvalue weighted by Crippen LogP contribution is 2.45. The molecule has 0 bridgehead atoms. The topological polar surface area (TPSA) is 57.1 Å². The van der Waals surface area contributed by atoms with Crippen molar-refractivity contribution in [2.75, 3.05) is 13.2 Å². The molecule has 142 valence electrons. The molecule has 1 saturated heterocycles. The fourth-order valence-electron chi connectivity index (χ4n) is 3.82. The number of ether oxygens (including phenoxy) is 3. The van der Waals surface area contributed by atoms with Gasteiger partial charge in [0.05, 0.1) is 23.7 Å². The first-order chi connectivity index (χ1) is 12.3. The molecule has 1 aromatic carbocycles. The first-order valence-corrected chi connectivity index (χ1v) is 10.9. The Morgan fingerprint density at radius 2 is 2.00 bits per heavy atom. The third-order valence-corrected chi connectivity index (χ3v) is 7.07. The molecule has 2 heterocycles. The predicted molar refractivity (Wildman–Crippen MR) is 105 cm³/mol. The van der Waals surface area contributed by atoms with Gasteiger partial charge in [0.1, 0.15) is 22.8 Å². The first kappa shape index (κ1) is 18.6. The van der Waals surface area contributed by atoms with Gasteiger partial charge in [-0.2, -0.15) is 4.40 Å². The van der Waals surface area contributed by atoms with Gasteiger partial charge in [-0.25, -0.2) is 4.21 Å². The van der Waals surface area contributed by atoms with Crippen LogP contribution < -0.4 is 4.74 Å². The molecular formula is C19H24BrNO4S. The van der Waals surface area contributed by atoms with Gasteiger partial charge >= 0.3 is 0 Å². The number of halogens is 1. The van der Waals surface area contributed by atoms with E-state index in [0.29, 0.717) is 19.6 Å². The maximum Gasteiger partial charge on any atom is 0.172 e. The SMILES string of the molecule is CC(C)(C)S(=O)N=C1c2cc(Br)ccc2O[C@@H]2CC3(CC[C@@H]12)OCCO3. The summed E-state index contributed by atoms with van der Waals surface area (Å²) in [6.07, 6.45) is 2.25. The van der Waals surface area contributed by atoms with E-state index in [4.69, 9.17) is 18.6 Å². The zero-order chi connectivity index (χ0) is 18.5. The van der Waals surface area contributed by atoms with Crippen LogP contribution >= 0.6 is 15.9 Å². The summed E-state index contributed by atoms with van der Waals surface area (Å²) in [6, 6.07) is 5.92. The van der Waals surface area contributed by atoms with Crippen LogP contribution in [0.2, 0.25) is 0 Å². The Labute approximate surface area is 165 Å². The molecule has 1 spiro atoms. The van der Waals surface area contributed by atoms with Gasteiger partial charge in [0.15, 0.2) is 5.79 Å². The van der Waals surface area contributed by atoms with Crippen LogP contribution in [0.25, 0.3) is 0 Å².